The molecule has 0 spiro atoms. The maximum atomic E-state index is 13.6. The van der Waals surface area contributed by atoms with Gasteiger partial charge in [-0.3, -0.25) is 9.59 Å². The quantitative estimate of drug-likeness (QED) is 0.615. The first-order chi connectivity index (χ1) is 16.8. The molecule has 2 N–H and O–H groups in total. The number of carbonyl (C=O) groups is 2. The van der Waals surface area contributed by atoms with E-state index in [1.165, 1.54) is 0 Å². The lowest BCUT2D eigenvalue weighted by atomic mass is 9.82. The number of allylic oxidation sites excluding steroid dienone is 1. The van der Waals surface area contributed by atoms with Gasteiger partial charge >= 0.3 is 0 Å². The number of nitrogens with zero attached hydrogens (tertiary/aromatic N) is 4. The Morgan fingerprint density at radius 2 is 2.00 bits per heavy atom. The van der Waals surface area contributed by atoms with Crippen molar-refractivity contribution in [1.82, 2.24) is 25.4 Å². The van der Waals surface area contributed by atoms with E-state index in [0.717, 1.165) is 29.7 Å². The van der Waals surface area contributed by atoms with Gasteiger partial charge in [-0.1, -0.05) is 18.6 Å². The van der Waals surface area contributed by atoms with Crippen LogP contribution in [0.2, 0.25) is 0 Å². The summed E-state index contributed by atoms with van der Waals surface area (Å²) in [6.07, 6.45) is 7.37. The number of amides is 2. The highest BCUT2D eigenvalue weighted by Crippen LogP contribution is 2.34. The van der Waals surface area contributed by atoms with Crippen molar-refractivity contribution >= 4 is 34.1 Å². The second-order valence-electron chi connectivity index (χ2n) is 11.5. The van der Waals surface area contributed by atoms with E-state index in [2.05, 4.69) is 54.5 Å². The minimum atomic E-state index is -0.438. The molecule has 2 aliphatic rings. The van der Waals surface area contributed by atoms with Gasteiger partial charge in [0.25, 0.3) is 11.8 Å². The van der Waals surface area contributed by atoms with E-state index in [-0.39, 0.29) is 35.5 Å². The SMILES string of the molecule is CCC1=CC(C)=NC(=O)C1CNC(=O)c1cc(C2=CC(C)(C)NC(C)(C)C2)nc2c1cnn2C(C)C. The Hall–Kier alpha value is -3.13. The summed E-state index contributed by atoms with van der Waals surface area (Å²) in [6, 6.07) is 1.96. The van der Waals surface area contributed by atoms with Gasteiger partial charge in [-0.05, 0) is 79.0 Å². The summed E-state index contributed by atoms with van der Waals surface area (Å²) in [5.74, 6) is -0.884. The molecule has 2 amide bonds. The molecule has 0 saturated carbocycles. The molecule has 1 unspecified atom stereocenters. The minimum Gasteiger partial charge on any atom is -0.351 e. The number of aromatic nitrogens is 3. The lowest BCUT2D eigenvalue weighted by Crippen LogP contribution is -2.53. The fourth-order valence-corrected chi connectivity index (χ4v) is 5.50. The van der Waals surface area contributed by atoms with E-state index in [4.69, 9.17) is 4.98 Å². The van der Waals surface area contributed by atoms with Crippen molar-refractivity contribution in [3.05, 3.63) is 41.2 Å². The van der Waals surface area contributed by atoms with Crippen LogP contribution < -0.4 is 10.6 Å². The van der Waals surface area contributed by atoms with Crippen LogP contribution in [0.1, 0.15) is 90.3 Å². The van der Waals surface area contributed by atoms with Crippen LogP contribution in [0, 0.1) is 5.92 Å². The molecule has 8 nitrogen and oxygen atoms in total. The van der Waals surface area contributed by atoms with Crippen molar-refractivity contribution in [1.29, 1.82) is 0 Å². The Morgan fingerprint density at radius 3 is 2.64 bits per heavy atom. The Labute approximate surface area is 213 Å². The molecule has 4 rings (SSSR count). The van der Waals surface area contributed by atoms with Gasteiger partial charge in [-0.25, -0.2) is 14.7 Å². The number of carbonyl (C=O) groups excluding carboxylic acids is 2. The van der Waals surface area contributed by atoms with Crippen molar-refractivity contribution in [2.24, 2.45) is 10.9 Å². The van der Waals surface area contributed by atoms with Gasteiger partial charge in [-0.2, -0.15) is 5.10 Å². The number of nitrogens with one attached hydrogen (secondary N) is 2. The molecule has 0 radical (unpaired) electrons. The maximum absolute atomic E-state index is 13.6. The van der Waals surface area contributed by atoms with Crippen molar-refractivity contribution < 1.29 is 9.59 Å². The monoisotopic (exact) mass is 490 g/mol. The predicted octanol–water partition coefficient (Wildman–Crippen LogP) is 4.63. The van der Waals surface area contributed by atoms with Gasteiger partial charge < -0.3 is 10.6 Å². The molecule has 0 bridgehead atoms. The first-order valence-corrected chi connectivity index (χ1v) is 12.8. The van der Waals surface area contributed by atoms with Crippen LogP contribution in [-0.2, 0) is 4.79 Å². The summed E-state index contributed by atoms with van der Waals surface area (Å²) in [7, 11) is 0. The van der Waals surface area contributed by atoms with Gasteiger partial charge in [0.1, 0.15) is 0 Å². The first-order valence-electron chi connectivity index (χ1n) is 12.8. The number of hydrogen-bond donors (Lipinski definition) is 2. The van der Waals surface area contributed by atoms with Gasteiger partial charge in [0.05, 0.1) is 28.8 Å². The lowest BCUT2D eigenvalue weighted by Gasteiger charge is -2.41. The van der Waals surface area contributed by atoms with Gasteiger partial charge in [0.2, 0.25) is 0 Å². The smallest absolute Gasteiger partial charge is 0.254 e. The average Bonchev–Trinajstić information content (AvgIpc) is 3.19. The molecule has 192 valence electrons. The average molecular weight is 491 g/mol. The van der Waals surface area contributed by atoms with E-state index in [0.29, 0.717) is 22.3 Å². The van der Waals surface area contributed by atoms with E-state index < -0.39 is 5.92 Å². The molecule has 8 heteroatoms. The molecule has 0 aliphatic carbocycles. The van der Waals surface area contributed by atoms with Crippen LogP contribution in [0.25, 0.3) is 16.6 Å². The molecule has 2 aliphatic heterocycles. The molecule has 4 heterocycles. The minimum absolute atomic E-state index is 0.0919. The standard InChI is InChI=1S/C28H38N6O2/c1-9-18-10-17(4)31-26(36)21(18)14-29-25(35)20-11-23(19-12-27(5,6)33-28(7,8)13-19)32-24-22(20)15-30-34(24)16(2)3/h10-12,15-16,21,33H,9,13-14H2,1-8H3,(H,29,35). The van der Waals surface area contributed by atoms with Crippen LogP contribution in [0.15, 0.2) is 35.0 Å². The molecule has 2 aromatic heterocycles. The molecule has 36 heavy (non-hydrogen) atoms. The highest BCUT2D eigenvalue weighted by atomic mass is 16.2. The summed E-state index contributed by atoms with van der Waals surface area (Å²) in [5.41, 5.74) is 4.45. The normalized spacial score (nSPS) is 21.3. The topological polar surface area (TPSA) is 101 Å². The van der Waals surface area contributed by atoms with E-state index in [9.17, 15) is 9.59 Å². The number of pyridine rings is 1. The van der Waals surface area contributed by atoms with Crippen LogP contribution in [-0.4, -0.2) is 49.9 Å². The summed E-state index contributed by atoms with van der Waals surface area (Å²) < 4.78 is 1.85. The Bertz CT molecular complexity index is 1310. The highest BCUT2D eigenvalue weighted by Gasteiger charge is 2.34. The molecule has 0 saturated heterocycles. The maximum Gasteiger partial charge on any atom is 0.254 e. The molecule has 2 aromatic rings. The van der Waals surface area contributed by atoms with Crippen molar-refractivity contribution in [2.45, 2.75) is 85.4 Å². The molecule has 0 aromatic carbocycles. The van der Waals surface area contributed by atoms with Crippen molar-refractivity contribution in [3.63, 3.8) is 0 Å². The number of aliphatic imine (C=N–C) groups is 1. The zero-order chi connectivity index (χ0) is 26.4. The van der Waals surface area contributed by atoms with Crippen LogP contribution >= 0.6 is 0 Å². The third kappa shape index (κ3) is 5.19. The second-order valence-corrected chi connectivity index (χ2v) is 11.5. The fourth-order valence-electron chi connectivity index (χ4n) is 5.50. The lowest BCUT2D eigenvalue weighted by molar-refractivity contribution is -0.120. The molecular formula is C28H38N6O2. The van der Waals surface area contributed by atoms with Crippen molar-refractivity contribution in [2.75, 3.05) is 6.54 Å². The van der Waals surface area contributed by atoms with Crippen LogP contribution in [0.3, 0.4) is 0 Å². The Kier molecular flexibility index (Phi) is 6.77. The molecule has 0 fully saturated rings. The van der Waals surface area contributed by atoms with Gasteiger partial charge in [0.15, 0.2) is 5.65 Å². The zero-order valence-electron chi connectivity index (χ0n) is 22.7. The summed E-state index contributed by atoms with van der Waals surface area (Å²) in [5, 5.41) is 11.9. The van der Waals surface area contributed by atoms with Gasteiger partial charge in [-0.15, -0.1) is 0 Å². The van der Waals surface area contributed by atoms with E-state index in [1.54, 1.807) is 6.20 Å². The molecule has 1 atom stereocenters. The summed E-state index contributed by atoms with van der Waals surface area (Å²) >= 11 is 0. The summed E-state index contributed by atoms with van der Waals surface area (Å²) in [4.78, 5) is 35.2. The van der Waals surface area contributed by atoms with Gasteiger partial charge in [0, 0.05) is 29.4 Å². The largest absolute Gasteiger partial charge is 0.351 e. The predicted molar refractivity (Wildman–Crippen MR) is 144 cm³/mol. The number of hydrogen-bond acceptors (Lipinski definition) is 5. The Morgan fingerprint density at radius 1 is 1.28 bits per heavy atom. The molecular weight excluding hydrogens is 452 g/mol. The third-order valence-corrected chi connectivity index (χ3v) is 6.76. The van der Waals surface area contributed by atoms with Crippen molar-refractivity contribution in [3.8, 4) is 0 Å². The first kappa shape index (κ1) is 25.9. The highest BCUT2D eigenvalue weighted by molar-refractivity contribution is 6.08. The van der Waals surface area contributed by atoms with Crippen LogP contribution in [0.4, 0.5) is 0 Å². The zero-order valence-corrected chi connectivity index (χ0v) is 22.7. The summed E-state index contributed by atoms with van der Waals surface area (Å²) in [6.45, 7) is 16.8. The second kappa shape index (κ2) is 9.39. The van der Waals surface area contributed by atoms with Crippen LogP contribution in [0.5, 0.6) is 0 Å². The van der Waals surface area contributed by atoms with E-state index >= 15 is 0 Å². The number of rotatable bonds is 6. The third-order valence-electron chi connectivity index (χ3n) is 6.76. The van der Waals surface area contributed by atoms with E-state index in [1.807, 2.05) is 44.5 Å². The fraction of sp³-hybridized carbons (Fsp3) is 0.536. The Balaban J connectivity index is 1.73. The number of dihydropyridines is 1. The number of fused-ring (bicyclic) bond motifs is 1.